The number of Topliss-reactive ketones (excluding diaryl/α,β-unsaturated/α-hetero) is 1. The molecule has 2 aromatic rings. The highest BCUT2D eigenvalue weighted by molar-refractivity contribution is 6.13. The number of halogens is 1. The van der Waals surface area contributed by atoms with Gasteiger partial charge < -0.3 is 9.80 Å². The zero-order valence-electron chi connectivity index (χ0n) is 15.0. The minimum Gasteiger partial charge on any atom is -0.369 e. The van der Waals surface area contributed by atoms with Crippen LogP contribution in [0.5, 0.6) is 0 Å². The molecule has 2 aliphatic rings. The SMILES string of the molecule is CN1CCN(c2ccc3c(c2)CC/C(=C\c2ccc(F)cc2)C3=O)CC1. The molecule has 4 rings (SSSR count). The number of benzene rings is 2. The van der Waals surface area contributed by atoms with E-state index in [4.69, 9.17) is 0 Å². The van der Waals surface area contributed by atoms with Gasteiger partial charge in [0.2, 0.25) is 0 Å². The molecule has 1 aliphatic heterocycles. The lowest BCUT2D eigenvalue weighted by Gasteiger charge is -2.34. The minimum atomic E-state index is -0.260. The Labute approximate surface area is 153 Å². The van der Waals surface area contributed by atoms with Crippen LogP contribution >= 0.6 is 0 Å². The standard InChI is InChI=1S/C22H23FN2O/c1-24-10-12-25(13-11-24)20-8-9-21-17(15-20)4-5-18(22(21)26)14-16-2-6-19(23)7-3-16/h2-3,6-9,14-15H,4-5,10-13H2,1H3/b18-14+. The number of likely N-dealkylation sites (N-methyl/N-ethyl adjacent to an activating group) is 1. The van der Waals surface area contributed by atoms with Crippen LogP contribution in [-0.4, -0.2) is 43.9 Å². The van der Waals surface area contributed by atoms with E-state index >= 15 is 0 Å². The summed E-state index contributed by atoms with van der Waals surface area (Å²) in [5.74, 6) is -0.163. The van der Waals surface area contributed by atoms with Crippen molar-refractivity contribution >= 4 is 17.5 Å². The molecular formula is C22H23FN2O. The average Bonchev–Trinajstić information content (AvgIpc) is 2.66. The van der Waals surface area contributed by atoms with Crippen molar-refractivity contribution in [1.82, 2.24) is 4.90 Å². The number of carbonyl (C=O) groups is 1. The Morgan fingerprint density at radius 3 is 2.42 bits per heavy atom. The van der Waals surface area contributed by atoms with Crippen LogP contribution in [0.15, 0.2) is 48.0 Å². The van der Waals surface area contributed by atoms with Gasteiger partial charge in [-0.25, -0.2) is 4.39 Å². The Kier molecular flexibility index (Phi) is 4.60. The molecule has 1 saturated heterocycles. The summed E-state index contributed by atoms with van der Waals surface area (Å²) < 4.78 is 13.1. The summed E-state index contributed by atoms with van der Waals surface area (Å²) in [6.07, 6.45) is 3.49. The topological polar surface area (TPSA) is 23.6 Å². The van der Waals surface area contributed by atoms with E-state index in [1.165, 1.54) is 17.8 Å². The van der Waals surface area contributed by atoms with E-state index in [1.807, 2.05) is 12.1 Å². The minimum absolute atomic E-state index is 0.0977. The molecule has 0 spiro atoms. The van der Waals surface area contributed by atoms with Crippen molar-refractivity contribution in [1.29, 1.82) is 0 Å². The van der Waals surface area contributed by atoms with Gasteiger partial charge in [0.25, 0.3) is 0 Å². The lowest BCUT2D eigenvalue weighted by atomic mass is 9.85. The van der Waals surface area contributed by atoms with Crippen LogP contribution in [0.2, 0.25) is 0 Å². The van der Waals surface area contributed by atoms with E-state index in [2.05, 4.69) is 29.0 Å². The smallest absolute Gasteiger partial charge is 0.189 e. The molecule has 0 amide bonds. The fourth-order valence-corrected chi connectivity index (χ4v) is 3.72. The number of fused-ring (bicyclic) bond motifs is 1. The summed E-state index contributed by atoms with van der Waals surface area (Å²) in [4.78, 5) is 17.6. The van der Waals surface area contributed by atoms with Crippen LogP contribution in [0.1, 0.15) is 27.9 Å². The summed E-state index contributed by atoms with van der Waals surface area (Å²) >= 11 is 0. The molecule has 3 nitrogen and oxygen atoms in total. The molecular weight excluding hydrogens is 327 g/mol. The summed E-state index contributed by atoms with van der Waals surface area (Å²) in [5, 5.41) is 0. The molecule has 0 atom stereocenters. The molecule has 0 radical (unpaired) electrons. The lowest BCUT2D eigenvalue weighted by molar-refractivity contribution is 0.102. The predicted octanol–water partition coefficient (Wildman–Crippen LogP) is 3.79. The van der Waals surface area contributed by atoms with Gasteiger partial charge in [-0.1, -0.05) is 12.1 Å². The molecule has 134 valence electrons. The third-order valence-corrected chi connectivity index (χ3v) is 5.37. The monoisotopic (exact) mass is 350 g/mol. The molecule has 1 heterocycles. The number of ketones is 1. The number of piperazine rings is 1. The molecule has 1 fully saturated rings. The van der Waals surface area contributed by atoms with E-state index in [1.54, 1.807) is 12.1 Å². The number of allylic oxidation sites excluding steroid dienone is 1. The van der Waals surface area contributed by atoms with Gasteiger partial charge >= 0.3 is 0 Å². The van der Waals surface area contributed by atoms with Crippen molar-refractivity contribution in [2.75, 3.05) is 38.1 Å². The van der Waals surface area contributed by atoms with Gasteiger partial charge in [-0.2, -0.15) is 0 Å². The van der Waals surface area contributed by atoms with E-state index in [0.29, 0.717) is 0 Å². The van der Waals surface area contributed by atoms with Gasteiger partial charge in [0, 0.05) is 43.0 Å². The van der Waals surface area contributed by atoms with Crippen molar-refractivity contribution in [3.05, 3.63) is 70.5 Å². The van der Waals surface area contributed by atoms with Crippen molar-refractivity contribution in [3.8, 4) is 0 Å². The number of rotatable bonds is 2. The molecule has 0 N–H and O–H groups in total. The number of aryl methyl sites for hydroxylation is 1. The van der Waals surface area contributed by atoms with E-state index in [-0.39, 0.29) is 11.6 Å². The molecule has 4 heteroatoms. The van der Waals surface area contributed by atoms with Crippen molar-refractivity contribution < 1.29 is 9.18 Å². The molecule has 26 heavy (non-hydrogen) atoms. The molecule has 0 aromatic heterocycles. The second kappa shape index (κ2) is 7.04. The highest BCUT2D eigenvalue weighted by Crippen LogP contribution is 2.30. The quantitative estimate of drug-likeness (QED) is 0.770. The lowest BCUT2D eigenvalue weighted by Crippen LogP contribution is -2.44. The van der Waals surface area contributed by atoms with Gasteiger partial charge in [0.15, 0.2) is 5.78 Å². The highest BCUT2D eigenvalue weighted by atomic mass is 19.1. The number of nitrogens with zero attached hydrogens (tertiary/aromatic N) is 2. The van der Waals surface area contributed by atoms with Crippen LogP contribution in [0, 0.1) is 5.82 Å². The Balaban J connectivity index is 1.56. The first-order chi connectivity index (χ1) is 12.6. The number of hydrogen-bond donors (Lipinski definition) is 0. The summed E-state index contributed by atoms with van der Waals surface area (Å²) in [6.45, 7) is 4.19. The Morgan fingerprint density at radius 2 is 1.69 bits per heavy atom. The summed E-state index contributed by atoms with van der Waals surface area (Å²) in [5.41, 5.74) is 4.84. The predicted molar refractivity (Wildman–Crippen MR) is 103 cm³/mol. The average molecular weight is 350 g/mol. The number of anilines is 1. The number of carbonyl (C=O) groups excluding carboxylic acids is 1. The second-order valence-electron chi connectivity index (χ2n) is 7.18. The van der Waals surface area contributed by atoms with Gasteiger partial charge in [-0.15, -0.1) is 0 Å². The van der Waals surface area contributed by atoms with Gasteiger partial charge in [-0.3, -0.25) is 4.79 Å². The van der Waals surface area contributed by atoms with Gasteiger partial charge in [0.1, 0.15) is 5.82 Å². The van der Waals surface area contributed by atoms with Crippen molar-refractivity contribution in [3.63, 3.8) is 0 Å². The fourth-order valence-electron chi connectivity index (χ4n) is 3.72. The van der Waals surface area contributed by atoms with Crippen molar-refractivity contribution in [2.45, 2.75) is 12.8 Å². The normalized spacial score (nSPS) is 19.7. The first-order valence-electron chi connectivity index (χ1n) is 9.17. The molecule has 0 unspecified atom stereocenters. The third kappa shape index (κ3) is 3.42. The number of hydrogen-bond acceptors (Lipinski definition) is 3. The summed E-state index contributed by atoms with van der Waals surface area (Å²) in [7, 11) is 2.15. The van der Waals surface area contributed by atoms with Gasteiger partial charge in [0.05, 0.1) is 0 Å². The van der Waals surface area contributed by atoms with Crippen LogP contribution in [0.3, 0.4) is 0 Å². The molecule has 2 aromatic carbocycles. The first-order valence-corrected chi connectivity index (χ1v) is 9.17. The van der Waals surface area contributed by atoms with Crippen LogP contribution in [-0.2, 0) is 6.42 Å². The van der Waals surface area contributed by atoms with E-state index < -0.39 is 0 Å². The Hall–Kier alpha value is -2.46. The second-order valence-corrected chi connectivity index (χ2v) is 7.18. The van der Waals surface area contributed by atoms with Crippen LogP contribution < -0.4 is 4.90 Å². The third-order valence-electron chi connectivity index (χ3n) is 5.37. The van der Waals surface area contributed by atoms with Crippen LogP contribution in [0.25, 0.3) is 6.08 Å². The Morgan fingerprint density at radius 1 is 0.962 bits per heavy atom. The maximum atomic E-state index is 13.1. The van der Waals surface area contributed by atoms with Crippen LogP contribution in [0.4, 0.5) is 10.1 Å². The maximum Gasteiger partial charge on any atom is 0.189 e. The van der Waals surface area contributed by atoms with Crippen molar-refractivity contribution in [2.24, 2.45) is 0 Å². The zero-order chi connectivity index (χ0) is 18.1. The highest BCUT2D eigenvalue weighted by Gasteiger charge is 2.23. The first kappa shape index (κ1) is 17.0. The maximum absolute atomic E-state index is 13.1. The fraction of sp³-hybridized carbons (Fsp3) is 0.318. The summed E-state index contributed by atoms with van der Waals surface area (Å²) in [6, 6.07) is 12.5. The molecule has 0 saturated carbocycles. The largest absolute Gasteiger partial charge is 0.369 e. The van der Waals surface area contributed by atoms with E-state index in [9.17, 15) is 9.18 Å². The zero-order valence-corrected chi connectivity index (χ0v) is 15.0. The van der Waals surface area contributed by atoms with Gasteiger partial charge in [-0.05, 0) is 67.4 Å². The molecule has 1 aliphatic carbocycles. The Bertz CT molecular complexity index is 849. The molecule has 0 bridgehead atoms. The van der Waals surface area contributed by atoms with E-state index in [0.717, 1.165) is 61.3 Å².